The van der Waals surface area contributed by atoms with Crippen molar-refractivity contribution < 1.29 is 10.2 Å². The molecule has 0 spiro atoms. The maximum absolute atomic E-state index is 9.75. The number of hydrogen-bond donors (Lipinski definition) is 2. The number of nitrogens with zero attached hydrogens (tertiary/aromatic N) is 1. The molecular weight excluding hydrogens is 214 g/mol. The summed E-state index contributed by atoms with van der Waals surface area (Å²) < 4.78 is 0. The topological polar surface area (TPSA) is 54.6 Å². The molecule has 0 aromatic rings. The monoisotopic (exact) mass is 242 g/mol. The van der Waals surface area contributed by atoms with Gasteiger partial charge in [-0.25, -0.2) is 5.32 Å². The van der Waals surface area contributed by atoms with Crippen LogP contribution in [-0.4, -0.2) is 35.5 Å². The molecule has 1 aliphatic rings. The van der Waals surface area contributed by atoms with Crippen LogP contribution in [0.5, 0.6) is 0 Å². The maximum atomic E-state index is 9.75. The van der Waals surface area contributed by atoms with Gasteiger partial charge in [0.2, 0.25) is 0 Å². The van der Waals surface area contributed by atoms with Gasteiger partial charge in [-0.3, -0.25) is 0 Å². The lowest BCUT2D eigenvalue weighted by Crippen LogP contribution is -2.35. The van der Waals surface area contributed by atoms with Crippen molar-refractivity contribution in [3.05, 3.63) is 0 Å². The first-order valence-electron chi connectivity index (χ1n) is 7.09. The predicted molar refractivity (Wildman–Crippen MR) is 69.9 cm³/mol. The van der Waals surface area contributed by atoms with Crippen LogP contribution >= 0.6 is 0 Å². The van der Waals surface area contributed by atoms with Crippen LogP contribution in [0.4, 0.5) is 0 Å². The van der Waals surface area contributed by atoms with Gasteiger partial charge in [0.1, 0.15) is 0 Å². The van der Waals surface area contributed by atoms with E-state index >= 15 is 0 Å². The summed E-state index contributed by atoms with van der Waals surface area (Å²) in [5.41, 5.74) is 0. The molecule has 0 saturated heterocycles. The molecule has 0 aliphatic heterocycles. The van der Waals surface area contributed by atoms with Crippen LogP contribution in [0.3, 0.4) is 0 Å². The summed E-state index contributed by atoms with van der Waals surface area (Å²) in [4.78, 5) is 0. The van der Waals surface area contributed by atoms with Crippen molar-refractivity contribution in [1.29, 1.82) is 0 Å². The highest BCUT2D eigenvalue weighted by Crippen LogP contribution is 2.22. The molecule has 2 atom stereocenters. The molecule has 17 heavy (non-hydrogen) atoms. The van der Waals surface area contributed by atoms with Gasteiger partial charge in [-0.1, -0.05) is 33.1 Å². The molecule has 1 aliphatic carbocycles. The average Bonchev–Trinajstić information content (AvgIpc) is 2.29. The van der Waals surface area contributed by atoms with Crippen LogP contribution < -0.4 is 5.32 Å². The molecule has 0 aromatic heterocycles. The largest absolute Gasteiger partial charge is 0.390 e. The minimum Gasteiger partial charge on any atom is -0.390 e. The third-order valence-electron chi connectivity index (χ3n) is 3.59. The smallest absolute Gasteiger partial charge is 0.0939 e. The van der Waals surface area contributed by atoms with Crippen LogP contribution in [0.25, 0.3) is 0 Å². The molecule has 0 amide bonds. The molecule has 1 rings (SSSR count). The van der Waals surface area contributed by atoms with Gasteiger partial charge in [0.05, 0.1) is 12.2 Å². The summed E-state index contributed by atoms with van der Waals surface area (Å²) in [6.07, 6.45) is 5.96. The molecule has 3 heteroatoms. The Hall–Kier alpha value is -0.120. The van der Waals surface area contributed by atoms with Gasteiger partial charge in [-0.05, 0) is 31.1 Å². The first-order chi connectivity index (χ1) is 8.09. The van der Waals surface area contributed by atoms with E-state index in [9.17, 15) is 10.2 Å². The van der Waals surface area contributed by atoms with E-state index in [0.29, 0.717) is 18.9 Å². The molecule has 3 nitrogen and oxygen atoms in total. The lowest BCUT2D eigenvalue weighted by Gasteiger charge is -2.23. The first-order valence-corrected chi connectivity index (χ1v) is 7.09. The Morgan fingerprint density at radius 2 is 1.71 bits per heavy atom. The number of rotatable bonds is 7. The van der Waals surface area contributed by atoms with Gasteiger partial charge >= 0.3 is 0 Å². The Bertz CT molecular complexity index is 191. The average molecular weight is 242 g/mol. The Morgan fingerprint density at radius 3 is 2.29 bits per heavy atom. The van der Waals surface area contributed by atoms with E-state index in [-0.39, 0.29) is 0 Å². The van der Waals surface area contributed by atoms with E-state index in [1.54, 1.807) is 0 Å². The standard InChI is InChI=1S/C14H28NO2/c1-11(2)8-13(16)14(17)10-15-9-12-6-4-3-5-7-12/h11-14,16-17H,3-10H2,1-2H3/t13-,14+/m0/s1. The summed E-state index contributed by atoms with van der Waals surface area (Å²) >= 11 is 0. The molecule has 2 N–H and O–H groups in total. The zero-order valence-corrected chi connectivity index (χ0v) is 11.3. The lowest BCUT2D eigenvalue weighted by atomic mass is 9.89. The quantitative estimate of drug-likeness (QED) is 0.717. The summed E-state index contributed by atoms with van der Waals surface area (Å²) in [5.74, 6) is 1.14. The molecule has 0 bridgehead atoms. The summed E-state index contributed by atoms with van der Waals surface area (Å²) in [7, 11) is 0. The van der Waals surface area contributed by atoms with Gasteiger partial charge in [0, 0.05) is 13.1 Å². The second-order valence-electron chi connectivity index (χ2n) is 5.86. The molecule has 0 aromatic carbocycles. The first kappa shape index (κ1) is 14.9. The van der Waals surface area contributed by atoms with Gasteiger partial charge in [-0.2, -0.15) is 0 Å². The SMILES string of the molecule is CC(C)C[C@H](O)[C@H](O)C[N]CC1CCCCC1. The van der Waals surface area contributed by atoms with Crippen molar-refractivity contribution in [1.82, 2.24) is 5.32 Å². The number of hydrogen-bond acceptors (Lipinski definition) is 2. The lowest BCUT2D eigenvalue weighted by molar-refractivity contribution is 0.00734. The third-order valence-corrected chi connectivity index (χ3v) is 3.59. The Labute approximate surface area is 106 Å². The van der Waals surface area contributed by atoms with Crippen LogP contribution in [0.1, 0.15) is 52.4 Å². The van der Waals surface area contributed by atoms with Gasteiger partial charge < -0.3 is 10.2 Å². The summed E-state index contributed by atoms with van der Waals surface area (Å²) in [6.45, 7) is 5.36. The van der Waals surface area contributed by atoms with E-state index in [1.165, 1.54) is 32.1 Å². The van der Waals surface area contributed by atoms with E-state index in [2.05, 4.69) is 19.2 Å². The van der Waals surface area contributed by atoms with Crippen molar-refractivity contribution in [2.75, 3.05) is 13.1 Å². The van der Waals surface area contributed by atoms with Crippen LogP contribution in [0.2, 0.25) is 0 Å². The molecule has 1 fully saturated rings. The molecular formula is C14H28NO2. The minimum atomic E-state index is -0.680. The molecule has 1 saturated carbocycles. The second-order valence-corrected chi connectivity index (χ2v) is 5.86. The Morgan fingerprint density at radius 1 is 1.06 bits per heavy atom. The molecule has 0 heterocycles. The van der Waals surface area contributed by atoms with Crippen molar-refractivity contribution in [2.45, 2.75) is 64.6 Å². The maximum Gasteiger partial charge on any atom is 0.0939 e. The molecule has 0 unspecified atom stereocenters. The van der Waals surface area contributed by atoms with E-state index in [1.807, 2.05) is 0 Å². The summed E-state index contributed by atoms with van der Waals surface area (Å²) in [5, 5.41) is 23.9. The second kappa shape index (κ2) is 8.06. The van der Waals surface area contributed by atoms with Crippen molar-refractivity contribution >= 4 is 0 Å². The van der Waals surface area contributed by atoms with Crippen LogP contribution in [0.15, 0.2) is 0 Å². The molecule has 101 valence electrons. The van der Waals surface area contributed by atoms with Crippen molar-refractivity contribution in [2.24, 2.45) is 11.8 Å². The van der Waals surface area contributed by atoms with Gasteiger partial charge in [0.15, 0.2) is 0 Å². The fourth-order valence-corrected chi connectivity index (χ4v) is 2.52. The summed E-state index contributed by atoms with van der Waals surface area (Å²) in [6, 6.07) is 0. The number of aliphatic hydroxyl groups excluding tert-OH is 2. The van der Waals surface area contributed by atoms with Crippen LogP contribution in [0, 0.1) is 11.8 Å². The highest BCUT2D eigenvalue weighted by atomic mass is 16.3. The van der Waals surface area contributed by atoms with Crippen LogP contribution in [-0.2, 0) is 0 Å². The highest BCUT2D eigenvalue weighted by molar-refractivity contribution is 4.73. The number of aliphatic hydroxyl groups is 2. The zero-order chi connectivity index (χ0) is 12.7. The van der Waals surface area contributed by atoms with Crippen molar-refractivity contribution in [3.63, 3.8) is 0 Å². The fraction of sp³-hybridized carbons (Fsp3) is 1.00. The zero-order valence-electron chi connectivity index (χ0n) is 11.3. The fourth-order valence-electron chi connectivity index (χ4n) is 2.52. The highest BCUT2D eigenvalue weighted by Gasteiger charge is 2.19. The van der Waals surface area contributed by atoms with E-state index in [0.717, 1.165) is 12.5 Å². The van der Waals surface area contributed by atoms with Gasteiger partial charge in [0.25, 0.3) is 0 Å². The van der Waals surface area contributed by atoms with E-state index < -0.39 is 12.2 Å². The predicted octanol–water partition coefficient (Wildman–Crippen LogP) is 1.94. The van der Waals surface area contributed by atoms with E-state index in [4.69, 9.17) is 0 Å². The third kappa shape index (κ3) is 6.39. The Balaban J connectivity index is 2.08. The Kier molecular flexibility index (Phi) is 7.09. The minimum absolute atomic E-state index is 0.393. The van der Waals surface area contributed by atoms with Crippen molar-refractivity contribution in [3.8, 4) is 0 Å². The normalized spacial score (nSPS) is 21.7. The molecule has 1 radical (unpaired) electrons. The van der Waals surface area contributed by atoms with Gasteiger partial charge in [-0.15, -0.1) is 0 Å².